The van der Waals surface area contributed by atoms with Gasteiger partial charge in [-0.25, -0.2) is 4.39 Å². The van der Waals surface area contributed by atoms with Crippen LogP contribution in [0.2, 0.25) is 0 Å². The number of rotatable bonds is 3. The average molecular weight is 318 g/mol. The van der Waals surface area contributed by atoms with Gasteiger partial charge in [-0.3, -0.25) is 0 Å². The molecular formula is C16H13BrFN. The molecule has 3 heteroatoms. The maximum Gasteiger partial charge on any atom is 0.123 e. The molecule has 0 radical (unpaired) electrons. The highest BCUT2D eigenvalue weighted by atomic mass is 79.9. The fourth-order valence-electron chi connectivity index (χ4n) is 2.27. The summed E-state index contributed by atoms with van der Waals surface area (Å²) in [6.07, 6.45) is 0.631. The van der Waals surface area contributed by atoms with E-state index >= 15 is 0 Å². The van der Waals surface area contributed by atoms with Gasteiger partial charge >= 0.3 is 0 Å². The van der Waals surface area contributed by atoms with Gasteiger partial charge in [-0.2, -0.15) is 5.26 Å². The number of nitriles is 1. The molecule has 0 spiro atoms. The second kappa shape index (κ2) is 5.54. The van der Waals surface area contributed by atoms with Crippen molar-refractivity contribution >= 4 is 15.9 Å². The van der Waals surface area contributed by atoms with E-state index in [1.54, 1.807) is 12.1 Å². The van der Waals surface area contributed by atoms with Gasteiger partial charge in [0.05, 0.1) is 6.07 Å². The fourth-order valence-corrected chi connectivity index (χ4v) is 2.67. The van der Waals surface area contributed by atoms with Crippen molar-refractivity contribution < 1.29 is 4.39 Å². The number of halogens is 2. The molecule has 0 saturated carbocycles. The Balaban J connectivity index is 2.61. The van der Waals surface area contributed by atoms with Crippen LogP contribution in [-0.4, -0.2) is 0 Å². The minimum absolute atomic E-state index is 0.291. The molecule has 96 valence electrons. The summed E-state index contributed by atoms with van der Waals surface area (Å²) < 4.78 is 14.0. The molecule has 2 aromatic carbocycles. The summed E-state index contributed by atoms with van der Waals surface area (Å²) in [6.45, 7) is 1.97. The average Bonchev–Trinajstić information content (AvgIpc) is 2.43. The zero-order chi connectivity index (χ0) is 13.9. The van der Waals surface area contributed by atoms with Gasteiger partial charge in [0, 0.05) is 4.47 Å². The first-order valence-corrected chi connectivity index (χ1v) is 6.85. The van der Waals surface area contributed by atoms with Crippen molar-refractivity contribution in [2.75, 3.05) is 0 Å². The van der Waals surface area contributed by atoms with Gasteiger partial charge in [0.25, 0.3) is 0 Å². The molecule has 0 fully saturated rings. The maximum atomic E-state index is 13.1. The molecule has 0 amide bonds. The molecule has 0 aromatic heterocycles. The zero-order valence-corrected chi connectivity index (χ0v) is 12.1. The SMILES string of the molecule is CCC(C#N)(c1ccc(F)cc1)c1cccc(Br)c1. The molecule has 0 aliphatic heterocycles. The molecule has 0 bridgehead atoms. The molecule has 0 heterocycles. The first-order valence-electron chi connectivity index (χ1n) is 6.05. The Labute approximate surface area is 120 Å². The maximum absolute atomic E-state index is 13.1. The van der Waals surface area contributed by atoms with E-state index in [1.165, 1.54) is 12.1 Å². The second-order valence-electron chi connectivity index (χ2n) is 4.39. The summed E-state index contributed by atoms with van der Waals surface area (Å²) in [6, 6.07) is 16.3. The Morgan fingerprint density at radius 3 is 2.37 bits per heavy atom. The summed E-state index contributed by atoms with van der Waals surface area (Å²) in [7, 11) is 0. The molecule has 1 nitrogen and oxygen atoms in total. The molecule has 0 aliphatic carbocycles. The molecule has 0 saturated heterocycles. The van der Waals surface area contributed by atoms with E-state index in [0.29, 0.717) is 6.42 Å². The van der Waals surface area contributed by atoms with Crippen molar-refractivity contribution in [1.29, 1.82) is 5.26 Å². The topological polar surface area (TPSA) is 23.8 Å². The lowest BCUT2D eigenvalue weighted by Gasteiger charge is -2.26. The van der Waals surface area contributed by atoms with Crippen LogP contribution >= 0.6 is 15.9 Å². The fraction of sp³-hybridized carbons (Fsp3) is 0.188. The van der Waals surface area contributed by atoms with Crippen LogP contribution in [0.1, 0.15) is 24.5 Å². The standard InChI is InChI=1S/C16H13BrFN/c1-2-16(11-19,12-6-8-15(18)9-7-12)13-4-3-5-14(17)10-13/h3-10H,2H2,1H3. The normalized spacial score (nSPS) is 13.6. The van der Waals surface area contributed by atoms with Crippen molar-refractivity contribution in [2.45, 2.75) is 18.8 Å². The summed E-state index contributed by atoms with van der Waals surface area (Å²) in [5.41, 5.74) is 0.993. The molecular weight excluding hydrogens is 305 g/mol. The van der Waals surface area contributed by atoms with Gasteiger partial charge in [0.15, 0.2) is 0 Å². The van der Waals surface area contributed by atoms with E-state index in [2.05, 4.69) is 22.0 Å². The van der Waals surface area contributed by atoms with Gasteiger partial charge in [0.2, 0.25) is 0 Å². The van der Waals surface area contributed by atoms with Crippen LogP contribution < -0.4 is 0 Å². The molecule has 2 rings (SSSR count). The monoisotopic (exact) mass is 317 g/mol. The Morgan fingerprint density at radius 1 is 1.16 bits per heavy atom. The first-order chi connectivity index (χ1) is 9.12. The summed E-state index contributed by atoms with van der Waals surface area (Å²) in [5, 5.41) is 9.68. The Kier molecular flexibility index (Phi) is 4.01. The molecule has 1 atom stereocenters. The zero-order valence-electron chi connectivity index (χ0n) is 10.5. The number of hydrogen-bond acceptors (Lipinski definition) is 1. The third-order valence-electron chi connectivity index (χ3n) is 3.38. The highest BCUT2D eigenvalue weighted by Crippen LogP contribution is 2.36. The van der Waals surface area contributed by atoms with Crippen molar-refractivity contribution in [3.8, 4) is 6.07 Å². The summed E-state index contributed by atoms with van der Waals surface area (Å²) in [4.78, 5) is 0. The Morgan fingerprint density at radius 2 is 1.84 bits per heavy atom. The molecule has 0 N–H and O–H groups in total. The van der Waals surface area contributed by atoms with E-state index in [1.807, 2.05) is 31.2 Å². The largest absolute Gasteiger partial charge is 0.207 e. The van der Waals surface area contributed by atoms with Crippen LogP contribution in [0.3, 0.4) is 0 Å². The minimum Gasteiger partial charge on any atom is -0.207 e. The third kappa shape index (κ3) is 2.54. The van der Waals surface area contributed by atoms with Crippen molar-refractivity contribution in [3.63, 3.8) is 0 Å². The van der Waals surface area contributed by atoms with Crippen LogP contribution in [0.25, 0.3) is 0 Å². The smallest absolute Gasteiger partial charge is 0.123 e. The molecule has 0 aliphatic rings. The van der Waals surface area contributed by atoms with Crippen LogP contribution in [0, 0.1) is 17.1 Å². The highest BCUT2D eigenvalue weighted by molar-refractivity contribution is 9.10. The van der Waals surface area contributed by atoms with E-state index in [4.69, 9.17) is 0 Å². The van der Waals surface area contributed by atoms with Gasteiger partial charge < -0.3 is 0 Å². The van der Waals surface area contributed by atoms with Crippen molar-refractivity contribution in [2.24, 2.45) is 0 Å². The van der Waals surface area contributed by atoms with Crippen molar-refractivity contribution in [3.05, 3.63) is 69.9 Å². The highest BCUT2D eigenvalue weighted by Gasteiger charge is 2.32. The predicted molar refractivity (Wildman–Crippen MR) is 77.2 cm³/mol. The summed E-state index contributed by atoms with van der Waals surface area (Å²) >= 11 is 3.43. The number of benzene rings is 2. The van der Waals surface area contributed by atoms with Gasteiger partial charge in [-0.05, 0) is 41.8 Å². The predicted octanol–water partition coefficient (Wildman–Crippen LogP) is 4.81. The van der Waals surface area contributed by atoms with Crippen LogP contribution in [0.4, 0.5) is 4.39 Å². The molecule has 1 unspecified atom stereocenters. The Bertz CT molecular complexity index is 615. The number of hydrogen-bond donors (Lipinski definition) is 0. The number of nitrogens with zero attached hydrogens (tertiary/aromatic N) is 1. The van der Waals surface area contributed by atoms with Crippen LogP contribution in [0.5, 0.6) is 0 Å². The van der Waals surface area contributed by atoms with Gasteiger partial charge in [-0.1, -0.05) is 47.1 Å². The van der Waals surface area contributed by atoms with E-state index in [-0.39, 0.29) is 5.82 Å². The lowest BCUT2D eigenvalue weighted by Crippen LogP contribution is -2.24. The second-order valence-corrected chi connectivity index (χ2v) is 5.30. The van der Waals surface area contributed by atoms with Gasteiger partial charge in [0.1, 0.15) is 11.2 Å². The van der Waals surface area contributed by atoms with Crippen LogP contribution in [0.15, 0.2) is 53.0 Å². The minimum atomic E-state index is -0.739. The Hall–Kier alpha value is -1.66. The summed E-state index contributed by atoms with van der Waals surface area (Å²) in [5.74, 6) is -0.291. The van der Waals surface area contributed by atoms with E-state index in [0.717, 1.165) is 15.6 Å². The molecule has 2 aromatic rings. The van der Waals surface area contributed by atoms with E-state index in [9.17, 15) is 9.65 Å². The lowest BCUT2D eigenvalue weighted by atomic mass is 9.74. The molecule has 19 heavy (non-hydrogen) atoms. The lowest BCUT2D eigenvalue weighted by molar-refractivity contribution is 0.611. The van der Waals surface area contributed by atoms with E-state index < -0.39 is 5.41 Å². The van der Waals surface area contributed by atoms with Crippen molar-refractivity contribution in [1.82, 2.24) is 0 Å². The quantitative estimate of drug-likeness (QED) is 0.797. The van der Waals surface area contributed by atoms with Gasteiger partial charge in [-0.15, -0.1) is 0 Å². The third-order valence-corrected chi connectivity index (χ3v) is 3.87. The first kappa shape index (κ1) is 13.8. The van der Waals surface area contributed by atoms with Crippen LogP contribution in [-0.2, 0) is 5.41 Å².